The minimum absolute atomic E-state index is 0.619. The van der Waals surface area contributed by atoms with E-state index in [-0.39, 0.29) is 0 Å². The van der Waals surface area contributed by atoms with Crippen LogP contribution in [0.15, 0.2) is 12.2 Å². The van der Waals surface area contributed by atoms with Gasteiger partial charge in [-0.3, -0.25) is 0 Å². The van der Waals surface area contributed by atoms with Crippen molar-refractivity contribution >= 4 is 0 Å². The number of hydrogen-bond acceptors (Lipinski definition) is 0. The highest BCUT2D eigenvalue weighted by atomic mass is 14.6. The molecule has 0 heteroatoms. The van der Waals surface area contributed by atoms with Crippen molar-refractivity contribution in [1.29, 1.82) is 0 Å². The van der Waals surface area contributed by atoms with Crippen molar-refractivity contribution in [3.63, 3.8) is 0 Å². The summed E-state index contributed by atoms with van der Waals surface area (Å²) >= 11 is 0. The Morgan fingerprint density at radius 2 is 1.62 bits per heavy atom. The summed E-state index contributed by atoms with van der Waals surface area (Å²) in [4.78, 5) is 0. The van der Waals surface area contributed by atoms with E-state index >= 15 is 0 Å². The van der Waals surface area contributed by atoms with Gasteiger partial charge in [0.15, 0.2) is 0 Å². The van der Waals surface area contributed by atoms with Crippen LogP contribution in [-0.2, 0) is 0 Å². The Morgan fingerprint density at radius 3 is 2.34 bits per heavy atom. The fourth-order valence-corrected chi connectivity index (χ4v) is 9.50. The zero-order valence-electron chi connectivity index (χ0n) is 20.6. The van der Waals surface area contributed by atoms with Gasteiger partial charge in [-0.15, -0.1) is 0 Å². The number of rotatable bonds is 6. The van der Waals surface area contributed by atoms with Crippen molar-refractivity contribution in [2.24, 2.45) is 58.2 Å². The molecule has 29 heavy (non-hydrogen) atoms. The fraction of sp³-hybridized carbons (Fsp3) is 0.931. The third-order valence-corrected chi connectivity index (χ3v) is 11.4. The van der Waals surface area contributed by atoms with E-state index in [1.807, 2.05) is 0 Å². The summed E-state index contributed by atoms with van der Waals surface area (Å²) in [6, 6.07) is 0. The second kappa shape index (κ2) is 8.35. The molecule has 0 aromatic carbocycles. The highest BCUT2D eigenvalue weighted by Gasteiger charge is 2.59. The minimum atomic E-state index is 0.619. The van der Waals surface area contributed by atoms with Gasteiger partial charge in [0.1, 0.15) is 0 Å². The third kappa shape index (κ3) is 3.67. The van der Waals surface area contributed by atoms with Crippen molar-refractivity contribution in [3.05, 3.63) is 12.2 Å². The van der Waals surface area contributed by atoms with Gasteiger partial charge >= 0.3 is 0 Å². The molecule has 4 aliphatic rings. The van der Waals surface area contributed by atoms with Crippen molar-refractivity contribution in [2.45, 2.75) is 112 Å². The SMILES string of the molecule is CCC(CCC(C)C1CCC2C3CCC4CC=CCC4(C)C3CCC12C)C(C)C. The molecule has 0 amide bonds. The molecule has 166 valence electrons. The Morgan fingerprint density at radius 1 is 0.862 bits per heavy atom. The van der Waals surface area contributed by atoms with Crippen LogP contribution in [0.3, 0.4) is 0 Å². The monoisotopic (exact) mass is 398 g/mol. The van der Waals surface area contributed by atoms with Crippen molar-refractivity contribution < 1.29 is 0 Å². The van der Waals surface area contributed by atoms with Crippen LogP contribution < -0.4 is 0 Å². The standard InChI is InChI=1S/C29H50/c1-7-22(20(2)3)12-11-21(4)25-15-16-26-24-14-13-23-10-8-9-18-28(23,5)27(24)17-19-29(25,26)6/h8-9,20-27H,7,10-19H2,1-6H3. The van der Waals surface area contributed by atoms with E-state index in [9.17, 15) is 0 Å². The number of fused-ring (bicyclic) bond motifs is 5. The lowest BCUT2D eigenvalue weighted by molar-refractivity contribution is -0.101. The molecule has 0 nitrogen and oxygen atoms in total. The number of hydrogen-bond donors (Lipinski definition) is 0. The Hall–Kier alpha value is -0.260. The van der Waals surface area contributed by atoms with Gasteiger partial charge in [0.25, 0.3) is 0 Å². The lowest BCUT2D eigenvalue weighted by atomic mass is 9.45. The summed E-state index contributed by atoms with van der Waals surface area (Å²) in [6.45, 7) is 15.3. The van der Waals surface area contributed by atoms with Crippen LogP contribution in [0.4, 0.5) is 0 Å². The van der Waals surface area contributed by atoms with Gasteiger partial charge in [0.2, 0.25) is 0 Å². The Bertz CT molecular complexity index is 587. The van der Waals surface area contributed by atoms with Gasteiger partial charge < -0.3 is 0 Å². The molecular weight excluding hydrogens is 348 g/mol. The summed E-state index contributed by atoms with van der Waals surface area (Å²) in [7, 11) is 0. The zero-order valence-corrected chi connectivity index (χ0v) is 20.6. The van der Waals surface area contributed by atoms with Gasteiger partial charge in [-0.25, -0.2) is 0 Å². The molecule has 0 bridgehead atoms. The molecule has 3 fully saturated rings. The summed E-state index contributed by atoms with van der Waals surface area (Å²) in [5.41, 5.74) is 1.27. The summed E-state index contributed by atoms with van der Waals surface area (Å²) in [6.07, 6.45) is 21.3. The molecule has 9 atom stereocenters. The molecule has 0 spiro atoms. The van der Waals surface area contributed by atoms with Gasteiger partial charge in [-0.05, 0) is 116 Å². The van der Waals surface area contributed by atoms with Crippen molar-refractivity contribution in [3.8, 4) is 0 Å². The van der Waals surface area contributed by atoms with E-state index in [1.165, 1.54) is 57.8 Å². The Labute approximate surface area is 182 Å². The Kier molecular flexibility index (Phi) is 6.32. The van der Waals surface area contributed by atoms with Gasteiger partial charge in [-0.2, -0.15) is 0 Å². The molecule has 9 unspecified atom stereocenters. The quantitative estimate of drug-likeness (QED) is 0.392. The molecule has 4 aliphatic carbocycles. The molecule has 3 saturated carbocycles. The maximum absolute atomic E-state index is 2.75. The average molecular weight is 399 g/mol. The summed E-state index contributed by atoms with van der Waals surface area (Å²) < 4.78 is 0. The van der Waals surface area contributed by atoms with E-state index in [0.717, 1.165) is 47.3 Å². The maximum atomic E-state index is 2.75. The third-order valence-electron chi connectivity index (χ3n) is 11.4. The molecular formula is C29H50. The predicted octanol–water partition coefficient (Wildman–Crippen LogP) is 8.91. The molecule has 0 N–H and O–H groups in total. The van der Waals surface area contributed by atoms with Crippen LogP contribution in [0.5, 0.6) is 0 Å². The van der Waals surface area contributed by atoms with Crippen LogP contribution in [-0.4, -0.2) is 0 Å². The second-order valence-electron chi connectivity index (χ2n) is 12.8. The largest absolute Gasteiger partial charge is 0.0882 e. The number of allylic oxidation sites excluding steroid dienone is 2. The van der Waals surface area contributed by atoms with E-state index < -0.39 is 0 Å². The van der Waals surface area contributed by atoms with Crippen LogP contribution in [0.2, 0.25) is 0 Å². The molecule has 0 heterocycles. The first-order valence-electron chi connectivity index (χ1n) is 13.5. The van der Waals surface area contributed by atoms with E-state index in [1.54, 1.807) is 12.8 Å². The van der Waals surface area contributed by atoms with Crippen molar-refractivity contribution in [2.75, 3.05) is 0 Å². The van der Waals surface area contributed by atoms with E-state index in [0.29, 0.717) is 10.8 Å². The molecule has 0 saturated heterocycles. The molecule has 0 aromatic rings. The second-order valence-corrected chi connectivity index (χ2v) is 12.8. The molecule has 0 aromatic heterocycles. The maximum Gasteiger partial charge on any atom is -0.0229 e. The van der Waals surface area contributed by atoms with Gasteiger partial charge in [0.05, 0.1) is 0 Å². The normalized spacial score (nSPS) is 46.1. The van der Waals surface area contributed by atoms with E-state index in [2.05, 4.69) is 53.7 Å². The first-order valence-corrected chi connectivity index (χ1v) is 13.5. The lowest BCUT2D eigenvalue weighted by Gasteiger charge is -2.60. The predicted molar refractivity (Wildman–Crippen MR) is 127 cm³/mol. The smallest absolute Gasteiger partial charge is 0.0229 e. The summed E-state index contributed by atoms with van der Waals surface area (Å²) in [5.74, 6) is 7.79. The highest BCUT2D eigenvalue weighted by molar-refractivity contribution is 5.12. The van der Waals surface area contributed by atoms with Crippen LogP contribution >= 0.6 is 0 Å². The zero-order chi connectivity index (χ0) is 20.8. The summed E-state index contributed by atoms with van der Waals surface area (Å²) in [5, 5.41) is 0. The minimum Gasteiger partial charge on any atom is -0.0882 e. The highest BCUT2D eigenvalue weighted by Crippen LogP contribution is 2.68. The first-order chi connectivity index (χ1) is 13.8. The average Bonchev–Trinajstić information content (AvgIpc) is 3.05. The van der Waals surface area contributed by atoms with Gasteiger partial charge in [-0.1, -0.05) is 66.5 Å². The van der Waals surface area contributed by atoms with Crippen LogP contribution in [0, 0.1) is 58.2 Å². The molecule has 0 radical (unpaired) electrons. The molecule has 4 rings (SSSR count). The Balaban J connectivity index is 1.46. The van der Waals surface area contributed by atoms with Crippen LogP contribution in [0.25, 0.3) is 0 Å². The van der Waals surface area contributed by atoms with Crippen molar-refractivity contribution in [1.82, 2.24) is 0 Å². The first kappa shape index (κ1) is 22.0. The molecule has 0 aliphatic heterocycles. The fourth-order valence-electron chi connectivity index (χ4n) is 9.50. The lowest BCUT2D eigenvalue weighted by Crippen LogP contribution is -2.52. The van der Waals surface area contributed by atoms with Crippen LogP contribution in [0.1, 0.15) is 112 Å². The van der Waals surface area contributed by atoms with Gasteiger partial charge in [0, 0.05) is 0 Å². The van der Waals surface area contributed by atoms with E-state index in [4.69, 9.17) is 0 Å². The topological polar surface area (TPSA) is 0 Å².